The van der Waals surface area contributed by atoms with E-state index < -0.39 is 11.6 Å². The molecule has 0 amide bonds. The fourth-order valence-corrected chi connectivity index (χ4v) is 1.94. The summed E-state index contributed by atoms with van der Waals surface area (Å²) >= 11 is 0. The SMILES string of the molecule is CC(NCCCn1cccn1)c1cc(F)cc(F)c1. The molecule has 0 aliphatic carbocycles. The number of nitrogens with one attached hydrogen (secondary N) is 1. The molecule has 1 unspecified atom stereocenters. The molecule has 0 saturated heterocycles. The molecule has 0 fully saturated rings. The van der Waals surface area contributed by atoms with Crippen LogP contribution in [0.1, 0.15) is 24.9 Å². The lowest BCUT2D eigenvalue weighted by Gasteiger charge is -2.14. The van der Waals surface area contributed by atoms with Gasteiger partial charge in [-0.1, -0.05) is 0 Å². The number of aryl methyl sites for hydroxylation is 1. The van der Waals surface area contributed by atoms with Crippen LogP contribution in [0, 0.1) is 11.6 Å². The standard InChI is InChI=1S/C14H17F2N3/c1-11(12-8-13(15)10-14(16)9-12)17-4-2-6-19-7-3-5-18-19/h3,5,7-11,17H,2,4,6H2,1H3. The van der Waals surface area contributed by atoms with Gasteiger partial charge >= 0.3 is 0 Å². The topological polar surface area (TPSA) is 29.9 Å². The minimum Gasteiger partial charge on any atom is -0.310 e. The van der Waals surface area contributed by atoms with E-state index in [4.69, 9.17) is 0 Å². The lowest BCUT2D eigenvalue weighted by Crippen LogP contribution is -2.21. The number of benzene rings is 1. The zero-order valence-corrected chi connectivity index (χ0v) is 10.8. The van der Waals surface area contributed by atoms with Gasteiger partial charge in [-0.05, 0) is 43.7 Å². The highest BCUT2D eigenvalue weighted by atomic mass is 19.1. The van der Waals surface area contributed by atoms with E-state index in [0.29, 0.717) is 5.56 Å². The number of halogens is 2. The highest BCUT2D eigenvalue weighted by Crippen LogP contribution is 2.15. The van der Waals surface area contributed by atoms with Crippen LogP contribution in [-0.2, 0) is 6.54 Å². The molecule has 102 valence electrons. The van der Waals surface area contributed by atoms with Gasteiger partial charge in [0, 0.05) is 31.0 Å². The van der Waals surface area contributed by atoms with Crippen molar-refractivity contribution in [3.63, 3.8) is 0 Å². The van der Waals surface area contributed by atoms with E-state index in [-0.39, 0.29) is 6.04 Å². The Hall–Kier alpha value is -1.75. The summed E-state index contributed by atoms with van der Waals surface area (Å²) in [6, 6.07) is 5.39. The van der Waals surface area contributed by atoms with Crippen molar-refractivity contribution in [2.45, 2.75) is 25.9 Å². The lowest BCUT2D eigenvalue weighted by molar-refractivity contribution is 0.501. The van der Waals surface area contributed by atoms with E-state index in [1.807, 2.05) is 23.9 Å². The largest absolute Gasteiger partial charge is 0.310 e. The molecule has 1 aromatic carbocycles. The first kappa shape index (κ1) is 13.7. The second-order valence-electron chi connectivity index (χ2n) is 4.50. The summed E-state index contributed by atoms with van der Waals surface area (Å²) in [6.45, 7) is 3.48. The van der Waals surface area contributed by atoms with Crippen molar-refractivity contribution >= 4 is 0 Å². The average Bonchev–Trinajstić information content (AvgIpc) is 2.86. The van der Waals surface area contributed by atoms with Crippen LogP contribution in [0.2, 0.25) is 0 Å². The summed E-state index contributed by atoms with van der Waals surface area (Å²) in [5, 5.41) is 7.35. The smallest absolute Gasteiger partial charge is 0.126 e. The third kappa shape index (κ3) is 4.13. The van der Waals surface area contributed by atoms with E-state index in [2.05, 4.69) is 10.4 Å². The lowest BCUT2D eigenvalue weighted by atomic mass is 10.1. The van der Waals surface area contributed by atoms with E-state index in [0.717, 1.165) is 25.6 Å². The van der Waals surface area contributed by atoms with Crippen LogP contribution in [0.5, 0.6) is 0 Å². The molecule has 0 aliphatic heterocycles. The van der Waals surface area contributed by atoms with Crippen LogP contribution in [0.3, 0.4) is 0 Å². The Morgan fingerprint density at radius 1 is 1.26 bits per heavy atom. The molecule has 5 heteroatoms. The van der Waals surface area contributed by atoms with Crippen LogP contribution in [0.15, 0.2) is 36.7 Å². The van der Waals surface area contributed by atoms with Crippen molar-refractivity contribution in [1.29, 1.82) is 0 Å². The fourth-order valence-electron chi connectivity index (χ4n) is 1.94. The number of aromatic nitrogens is 2. The summed E-state index contributed by atoms with van der Waals surface area (Å²) in [6.07, 6.45) is 4.56. The minimum absolute atomic E-state index is 0.0807. The Bertz CT molecular complexity index is 491. The van der Waals surface area contributed by atoms with Gasteiger partial charge in [0.1, 0.15) is 11.6 Å². The predicted octanol–water partition coefficient (Wildman–Crippen LogP) is 2.90. The van der Waals surface area contributed by atoms with E-state index in [1.54, 1.807) is 6.20 Å². The molecule has 1 N–H and O–H groups in total. The molecule has 2 aromatic rings. The van der Waals surface area contributed by atoms with Gasteiger partial charge in [0.15, 0.2) is 0 Å². The molecule has 0 bridgehead atoms. The molecule has 0 aliphatic rings. The maximum absolute atomic E-state index is 13.1. The van der Waals surface area contributed by atoms with Gasteiger partial charge < -0.3 is 5.32 Å². The summed E-state index contributed by atoms with van der Waals surface area (Å²) in [4.78, 5) is 0. The second-order valence-corrected chi connectivity index (χ2v) is 4.50. The molecule has 1 atom stereocenters. The summed E-state index contributed by atoms with van der Waals surface area (Å²) in [5.74, 6) is -1.08. The Labute approximate surface area is 111 Å². The summed E-state index contributed by atoms with van der Waals surface area (Å²) in [7, 11) is 0. The van der Waals surface area contributed by atoms with Crippen molar-refractivity contribution in [3.8, 4) is 0 Å². The van der Waals surface area contributed by atoms with E-state index >= 15 is 0 Å². The molecular weight excluding hydrogens is 248 g/mol. The zero-order valence-electron chi connectivity index (χ0n) is 10.8. The molecule has 1 aromatic heterocycles. The molecular formula is C14H17F2N3. The monoisotopic (exact) mass is 265 g/mol. The van der Waals surface area contributed by atoms with E-state index in [1.165, 1.54) is 12.1 Å². The third-order valence-corrected chi connectivity index (χ3v) is 2.96. The van der Waals surface area contributed by atoms with Gasteiger partial charge in [0.05, 0.1) is 0 Å². The molecule has 3 nitrogen and oxygen atoms in total. The van der Waals surface area contributed by atoms with E-state index in [9.17, 15) is 8.78 Å². The maximum atomic E-state index is 13.1. The Kier molecular flexibility index (Phi) is 4.63. The van der Waals surface area contributed by atoms with Gasteiger partial charge in [-0.15, -0.1) is 0 Å². The van der Waals surface area contributed by atoms with Gasteiger partial charge in [-0.3, -0.25) is 4.68 Å². The second kappa shape index (κ2) is 6.43. The first-order valence-electron chi connectivity index (χ1n) is 6.32. The van der Waals surface area contributed by atoms with Gasteiger partial charge in [-0.25, -0.2) is 8.78 Å². The first-order valence-corrected chi connectivity index (χ1v) is 6.32. The van der Waals surface area contributed by atoms with Gasteiger partial charge in [-0.2, -0.15) is 5.10 Å². The van der Waals surface area contributed by atoms with Gasteiger partial charge in [0.2, 0.25) is 0 Å². The van der Waals surface area contributed by atoms with Crippen LogP contribution < -0.4 is 5.32 Å². The molecule has 1 heterocycles. The summed E-state index contributed by atoms with van der Waals surface area (Å²) in [5.41, 5.74) is 0.622. The highest BCUT2D eigenvalue weighted by molar-refractivity contribution is 5.20. The van der Waals surface area contributed by atoms with Crippen molar-refractivity contribution < 1.29 is 8.78 Å². The summed E-state index contributed by atoms with van der Waals surface area (Å²) < 4.78 is 28.0. The molecule has 19 heavy (non-hydrogen) atoms. The maximum Gasteiger partial charge on any atom is 0.126 e. The molecule has 2 rings (SSSR count). The predicted molar refractivity (Wildman–Crippen MR) is 69.6 cm³/mol. The third-order valence-electron chi connectivity index (χ3n) is 2.96. The normalized spacial score (nSPS) is 12.6. The minimum atomic E-state index is -0.541. The van der Waals surface area contributed by atoms with Crippen molar-refractivity contribution in [3.05, 3.63) is 53.9 Å². The Morgan fingerprint density at radius 2 is 2.00 bits per heavy atom. The van der Waals surface area contributed by atoms with Crippen LogP contribution in [0.25, 0.3) is 0 Å². The van der Waals surface area contributed by atoms with Crippen molar-refractivity contribution in [1.82, 2.24) is 15.1 Å². The molecule has 0 radical (unpaired) electrons. The van der Waals surface area contributed by atoms with Crippen molar-refractivity contribution in [2.75, 3.05) is 6.54 Å². The number of rotatable bonds is 6. The fraction of sp³-hybridized carbons (Fsp3) is 0.357. The molecule has 0 saturated carbocycles. The Morgan fingerprint density at radius 3 is 2.63 bits per heavy atom. The highest BCUT2D eigenvalue weighted by Gasteiger charge is 2.07. The van der Waals surface area contributed by atoms with Crippen molar-refractivity contribution in [2.24, 2.45) is 0 Å². The first-order chi connectivity index (χ1) is 9.15. The average molecular weight is 265 g/mol. The van der Waals surface area contributed by atoms with Crippen LogP contribution in [-0.4, -0.2) is 16.3 Å². The quantitative estimate of drug-likeness (QED) is 0.814. The van der Waals surface area contributed by atoms with Crippen LogP contribution >= 0.6 is 0 Å². The number of hydrogen-bond acceptors (Lipinski definition) is 2. The molecule has 0 spiro atoms. The number of nitrogens with zero attached hydrogens (tertiary/aromatic N) is 2. The Balaban J connectivity index is 1.79. The van der Waals surface area contributed by atoms with Crippen LogP contribution in [0.4, 0.5) is 8.78 Å². The number of hydrogen-bond donors (Lipinski definition) is 1. The van der Waals surface area contributed by atoms with Gasteiger partial charge in [0.25, 0.3) is 0 Å². The zero-order chi connectivity index (χ0) is 13.7.